The summed E-state index contributed by atoms with van der Waals surface area (Å²) in [5, 5.41) is 3.64. The molecule has 0 saturated carbocycles. The maximum Gasteiger partial charge on any atom is 0.00103 e. The molecule has 0 aliphatic heterocycles. The summed E-state index contributed by atoms with van der Waals surface area (Å²) in [6.07, 6.45) is 3.89. The van der Waals surface area contributed by atoms with E-state index in [2.05, 4.69) is 46.9 Å². The van der Waals surface area contributed by atoms with Crippen molar-refractivity contribution in [3.63, 3.8) is 0 Å². The number of nitrogens with one attached hydrogen (secondary N) is 1. The molecular weight excluding hydrogens is 182 g/mol. The monoisotopic (exact) mass is 213 g/mol. The summed E-state index contributed by atoms with van der Waals surface area (Å²) in [5.74, 6) is 1.58. The third-order valence-corrected chi connectivity index (χ3v) is 4.10. The summed E-state index contributed by atoms with van der Waals surface area (Å²) in [6.45, 7) is 16.3. The summed E-state index contributed by atoms with van der Waals surface area (Å²) in [4.78, 5) is 0. The summed E-state index contributed by atoms with van der Waals surface area (Å²) < 4.78 is 0. The molecule has 1 nitrogen and oxygen atoms in total. The first kappa shape index (κ1) is 15.0. The Morgan fingerprint density at radius 2 is 1.53 bits per heavy atom. The van der Waals surface area contributed by atoms with E-state index in [1.807, 2.05) is 0 Å². The fourth-order valence-corrected chi connectivity index (χ4v) is 2.41. The summed E-state index contributed by atoms with van der Waals surface area (Å²) in [7, 11) is 0. The van der Waals surface area contributed by atoms with Gasteiger partial charge in [-0.15, -0.1) is 0 Å². The highest BCUT2D eigenvalue weighted by atomic mass is 14.9. The Kier molecular flexibility index (Phi) is 7.25. The normalized spacial score (nSPS) is 14.6. The van der Waals surface area contributed by atoms with Crippen LogP contribution in [0, 0.1) is 17.3 Å². The third-order valence-electron chi connectivity index (χ3n) is 4.10. The average molecular weight is 213 g/mol. The summed E-state index contributed by atoms with van der Waals surface area (Å²) >= 11 is 0. The van der Waals surface area contributed by atoms with E-state index in [1.165, 1.54) is 25.8 Å². The zero-order valence-corrected chi connectivity index (χ0v) is 11.7. The molecule has 1 unspecified atom stereocenters. The first-order valence-corrected chi connectivity index (χ1v) is 6.73. The molecule has 0 spiro atoms. The van der Waals surface area contributed by atoms with Gasteiger partial charge in [0, 0.05) is 6.54 Å². The van der Waals surface area contributed by atoms with Crippen molar-refractivity contribution in [3.05, 3.63) is 0 Å². The molecule has 92 valence electrons. The van der Waals surface area contributed by atoms with Crippen molar-refractivity contribution < 1.29 is 0 Å². The van der Waals surface area contributed by atoms with Crippen LogP contribution in [0.1, 0.15) is 60.8 Å². The zero-order valence-electron chi connectivity index (χ0n) is 11.7. The van der Waals surface area contributed by atoms with Gasteiger partial charge in [-0.2, -0.15) is 0 Å². The molecule has 0 aliphatic rings. The predicted octanol–water partition coefficient (Wildman–Crippen LogP) is 4.08. The van der Waals surface area contributed by atoms with Gasteiger partial charge in [0.2, 0.25) is 0 Å². The Morgan fingerprint density at radius 3 is 1.87 bits per heavy atom. The molecule has 0 fully saturated rings. The Morgan fingerprint density at radius 1 is 1.00 bits per heavy atom. The summed E-state index contributed by atoms with van der Waals surface area (Å²) in [6, 6.07) is 0. The Hall–Kier alpha value is -0.0400. The predicted molar refractivity (Wildman–Crippen MR) is 70.2 cm³/mol. The fraction of sp³-hybridized carbons (Fsp3) is 1.00. The van der Waals surface area contributed by atoms with Crippen molar-refractivity contribution >= 4 is 0 Å². The molecule has 0 aliphatic carbocycles. The second-order valence-corrected chi connectivity index (χ2v) is 5.40. The van der Waals surface area contributed by atoms with E-state index >= 15 is 0 Å². The molecule has 0 aromatic rings. The highest BCUT2D eigenvalue weighted by Crippen LogP contribution is 2.36. The van der Waals surface area contributed by atoms with Gasteiger partial charge < -0.3 is 5.32 Å². The Balaban J connectivity index is 4.24. The minimum absolute atomic E-state index is 0.518. The minimum Gasteiger partial charge on any atom is -0.316 e. The van der Waals surface area contributed by atoms with Crippen LogP contribution in [-0.4, -0.2) is 13.1 Å². The van der Waals surface area contributed by atoms with Gasteiger partial charge >= 0.3 is 0 Å². The lowest BCUT2D eigenvalue weighted by Gasteiger charge is -2.38. The van der Waals surface area contributed by atoms with Crippen LogP contribution in [0.4, 0.5) is 0 Å². The number of hydrogen-bond donors (Lipinski definition) is 1. The minimum atomic E-state index is 0.518. The maximum absolute atomic E-state index is 3.64. The van der Waals surface area contributed by atoms with E-state index in [0.717, 1.165) is 18.4 Å². The first-order valence-electron chi connectivity index (χ1n) is 6.73. The van der Waals surface area contributed by atoms with Crippen LogP contribution in [0.5, 0.6) is 0 Å². The van der Waals surface area contributed by atoms with Gasteiger partial charge in [-0.1, -0.05) is 48.0 Å². The molecule has 0 heterocycles. The van der Waals surface area contributed by atoms with Crippen LogP contribution in [0.15, 0.2) is 0 Å². The Bertz CT molecular complexity index is 147. The molecule has 0 bridgehead atoms. The van der Waals surface area contributed by atoms with Gasteiger partial charge in [-0.3, -0.25) is 0 Å². The largest absolute Gasteiger partial charge is 0.316 e. The van der Waals surface area contributed by atoms with Crippen LogP contribution >= 0.6 is 0 Å². The van der Waals surface area contributed by atoms with Gasteiger partial charge in [-0.25, -0.2) is 0 Å². The van der Waals surface area contributed by atoms with Crippen LogP contribution in [0.3, 0.4) is 0 Å². The van der Waals surface area contributed by atoms with Crippen LogP contribution in [0.25, 0.3) is 0 Å². The lowest BCUT2D eigenvalue weighted by Crippen LogP contribution is -2.39. The van der Waals surface area contributed by atoms with E-state index < -0.39 is 0 Å². The molecule has 0 aromatic heterocycles. The second kappa shape index (κ2) is 7.27. The summed E-state index contributed by atoms with van der Waals surface area (Å²) in [5.41, 5.74) is 0.518. The van der Waals surface area contributed by atoms with Crippen LogP contribution < -0.4 is 5.32 Å². The lowest BCUT2D eigenvalue weighted by molar-refractivity contribution is 0.145. The van der Waals surface area contributed by atoms with Gasteiger partial charge in [0.15, 0.2) is 0 Å². The quantitative estimate of drug-likeness (QED) is 0.640. The topological polar surface area (TPSA) is 12.0 Å². The number of hydrogen-bond acceptors (Lipinski definition) is 1. The van der Waals surface area contributed by atoms with Gasteiger partial charge in [-0.05, 0) is 36.6 Å². The van der Waals surface area contributed by atoms with E-state index in [0.29, 0.717) is 5.41 Å². The van der Waals surface area contributed by atoms with E-state index in [9.17, 15) is 0 Å². The van der Waals surface area contributed by atoms with E-state index in [-0.39, 0.29) is 0 Å². The first-order chi connectivity index (χ1) is 7.02. The molecule has 0 saturated heterocycles. The molecule has 15 heavy (non-hydrogen) atoms. The molecule has 0 radical (unpaired) electrons. The SMILES string of the molecule is CCC(C)C(CC)(CC)CNCC(C)C. The lowest BCUT2D eigenvalue weighted by atomic mass is 9.71. The average Bonchev–Trinajstić information content (AvgIpc) is 2.23. The highest BCUT2D eigenvalue weighted by Gasteiger charge is 2.30. The van der Waals surface area contributed by atoms with Gasteiger partial charge in [0.1, 0.15) is 0 Å². The highest BCUT2D eigenvalue weighted by molar-refractivity contribution is 4.83. The Labute approximate surface area is 97.0 Å². The standard InChI is InChI=1S/C14H31N/c1-7-13(6)14(8-2,9-3)11-15-10-12(4)5/h12-13,15H,7-11H2,1-6H3. The van der Waals surface area contributed by atoms with Crippen molar-refractivity contribution in [1.82, 2.24) is 5.32 Å². The van der Waals surface area contributed by atoms with Crippen molar-refractivity contribution in [1.29, 1.82) is 0 Å². The van der Waals surface area contributed by atoms with Gasteiger partial charge in [0.05, 0.1) is 0 Å². The molecule has 0 aromatic carbocycles. The molecule has 1 heteroatoms. The van der Waals surface area contributed by atoms with Crippen LogP contribution in [0.2, 0.25) is 0 Å². The maximum atomic E-state index is 3.64. The van der Waals surface area contributed by atoms with Crippen molar-refractivity contribution in [2.75, 3.05) is 13.1 Å². The third kappa shape index (κ3) is 4.55. The molecule has 1 N–H and O–H groups in total. The molecule has 1 atom stereocenters. The molecule has 0 amide bonds. The zero-order chi connectivity index (χ0) is 11.9. The van der Waals surface area contributed by atoms with E-state index in [1.54, 1.807) is 0 Å². The smallest absolute Gasteiger partial charge is 0.00103 e. The van der Waals surface area contributed by atoms with E-state index in [4.69, 9.17) is 0 Å². The van der Waals surface area contributed by atoms with Gasteiger partial charge in [0.25, 0.3) is 0 Å². The fourth-order valence-electron chi connectivity index (χ4n) is 2.41. The second-order valence-electron chi connectivity index (χ2n) is 5.40. The van der Waals surface area contributed by atoms with Crippen molar-refractivity contribution in [3.8, 4) is 0 Å². The van der Waals surface area contributed by atoms with Crippen LogP contribution in [-0.2, 0) is 0 Å². The van der Waals surface area contributed by atoms with Crippen molar-refractivity contribution in [2.24, 2.45) is 17.3 Å². The van der Waals surface area contributed by atoms with Crippen molar-refractivity contribution in [2.45, 2.75) is 60.8 Å². The molecular formula is C14H31N. The number of rotatable bonds is 8. The molecule has 0 rings (SSSR count).